The summed E-state index contributed by atoms with van der Waals surface area (Å²) in [6.45, 7) is 0. The average molecular weight is 357 g/mol. The molecule has 0 radical (unpaired) electrons. The lowest BCUT2D eigenvalue weighted by Gasteiger charge is -2.12. The first-order valence-electron chi connectivity index (χ1n) is 6.60. The van der Waals surface area contributed by atoms with Crippen LogP contribution in [0.2, 0.25) is 5.02 Å². The van der Waals surface area contributed by atoms with Crippen LogP contribution in [0.5, 0.6) is 5.75 Å². The van der Waals surface area contributed by atoms with E-state index >= 15 is 0 Å². The molecule has 0 fully saturated rings. The Morgan fingerprint density at radius 1 is 1.20 bits per heavy atom. The molecule has 9 heteroatoms. The molecule has 0 unspecified atom stereocenters. The van der Waals surface area contributed by atoms with Gasteiger partial charge in [-0.1, -0.05) is 11.6 Å². The summed E-state index contributed by atoms with van der Waals surface area (Å²) >= 11 is 6.28. The van der Waals surface area contributed by atoms with Gasteiger partial charge in [-0.05, 0) is 0 Å². The van der Waals surface area contributed by atoms with Crippen molar-refractivity contribution in [2.45, 2.75) is 0 Å². The molecule has 1 aromatic carbocycles. The van der Waals surface area contributed by atoms with Crippen LogP contribution in [0.1, 0.15) is 10.6 Å². The van der Waals surface area contributed by atoms with Crippen LogP contribution in [0.15, 0.2) is 27.8 Å². The van der Waals surface area contributed by atoms with E-state index in [-0.39, 0.29) is 33.5 Å². The fourth-order valence-corrected chi connectivity index (χ4v) is 2.36. The number of furan rings is 1. The monoisotopic (exact) mass is 356 g/mol. The van der Waals surface area contributed by atoms with Gasteiger partial charge in [0.25, 0.3) is 0 Å². The third kappa shape index (κ3) is 3.18. The van der Waals surface area contributed by atoms with Crippen molar-refractivity contribution in [2.75, 3.05) is 19.5 Å². The number of hydrogen-bond acceptors (Lipinski definition) is 8. The molecule has 124 valence electrons. The standard InChI is InChI=1S/C16H9ClN4O4/c1-23-15-10(21-11(7-20)8(5-18)6-19)4-12-9(14(15)17)3-13(25-12)16(22)24-2/h3-4,21H,1-2H3. The van der Waals surface area contributed by atoms with Crippen molar-refractivity contribution in [1.82, 2.24) is 0 Å². The number of halogens is 1. The number of fused-ring (bicyclic) bond motifs is 1. The van der Waals surface area contributed by atoms with Gasteiger partial charge < -0.3 is 19.2 Å². The zero-order chi connectivity index (χ0) is 18.6. The van der Waals surface area contributed by atoms with Gasteiger partial charge in [0, 0.05) is 17.5 Å². The van der Waals surface area contributed by atoms with Crippen LogP contribution in [0, 0.1) is 34.0 Å². The third-order valence-corrected chi connectivity index (χ3v) is 3.53. The van der Waals surface area contributed by atoms with E-state index in [4.69, 9.17) is 36.5 Å². The second-order valence-electron chi connectivity index (χ2n) is 4.50. The van der Waals surface area contributed by atoms with Crippen LogP contribution in [0.25, 0.3) is 11.0 Å². The Kier molecular flexibility index (Phi) is 5.14. The molecule has 0 saturated carbocycles. The smallest absolute Gasteiger partial charge is 0.373 e. The molecule has 0 amide bonds. The second-order valence-corrected chi connectivity index (χ2v) is 4.87. The molecule has 8 nitrogen and oxygen atoms in total. The molecule has 1 heterocycles. The Balaban J connectivity index is 2.67. The molecule has 0 aliphatic carbocycles. The first-order valence-corrected chi connectivity index (χ1v) is 6.98. The molecular formula is C16H9ClN4O4. The number of benzene rings is 1. The normalized spacial score (nSPS) is 9.44. The minimum Gasteiger partial charge on any atom is -0.493 e. The number of ether oxygens (including phenoxy) is 2. The van der Waals surface area contributed by atoms with E-state index in [0.717, 1.165) is 0 Å². The summed E-state index contributed by atoms with van der Waals surface area (Å²) in [6.07, 6.45) is 0. The third-order valence-electron chi connectivity index (χ3n) is 3.15. The summed E-state index contributed by atoms with van der Waals surface area (Å²) in [5.41, 5.74) is -0.277. The first-order chi connectivity index (χ1) is 12.0. The van der Waals surface area contributed by atoms with Crippen LogP contribution in [-0.2, 0) is 4.74 Å². The number of esters is 1. The lowest BCUT2D eigenvalue weighted by atomic mass is 10.2. The molecule has 0 saturated heterocycles. The molecule has 2 aromatic rings. The highest BCUT2D eigenvalue weighted by Gasteiger charge is 2.20. The molecular weight excluding hydrogens is 348 g/mol. The van der Waals surface area contributed by atoms with Crippen molar-refractivity contribution < 1.29 is 18.7 Å². The van der Waals surface area contributed by atoms with Gasteiger partial charge in [-0.3, -0.25) is 0 Å². The number of anilines is 1. The molecule has 0 aliphatic heterocycles. The maximum absolute atomic E-state index is 11.6. The first kappa shape index (κ1) is 17.7. The van der Waals surface area contributed by atoms with Gasteiger partial charge in [-0.2, -0.15) is 15.8 Å². The summed E-state index contributed by atoms with van der Waals surface area (Å²) < 4.78 is 15.2. The fourth-order valence-electron chi connectivity index (χ4n) is 2.03. The van der Waals surface area contributed by atoms with E-state index in [9.17, 15) is 4.79 Å². The Labute approximate surface area is 147 Å². The van der Waals surface area contributed by atoms with E-state index in [1.54, 1.807) is 18.2 Å². The summed E-state index contributed by atoms with van der Waals surface area (Å²) in [7, 11) is 2.56. The lowest BCUT2D eigenvalue weighted by Crippen LogP contribution is -2.03. The van der Waals surface area contributed by atoms with Gasteiger partial charge in [-0.15, -0.1) is 0 Å². The maximum atomic E-state index is 11.6. The number of methoxy groups -OCH3 is 2. The predicted molar refractivity (Wildman–Crippen MR) is 86.6 cm³/mol. The van der Waals surface area contributed by atoms with Gasteiger partial charge in [0.15, 0.2) is 11.3 Å². The number of nitrogens with one attached hydrogen (secondary N) is 1. The van der Waals surface area contributed by atoms with Crippen molar-refractivity contribution >= 4 is 34.2 Å². The molecule has 1 aromatic heterocycles. The van der Waals surface area contributed by atoms with Gasteiger partial charge >= 0.3 is 5.97 Å². The largest absolute Gasteiger partial charge is 0.493 e. The number of carbonyl (C=O) groups excluding carboxylic acids is 1. The number of rotatable bonds is 4. The Bertz CT molecular complexity index is 1000. The van der Waals surface area contributed by atoms with Crippen molar-refractivity contribution in [3.8, 4) is 24.0 Å². The Hall–Kier alpha value is -3.67. The van der Waals surface area contributed by atoms with Crippen LogP contribution < -0.4 is 10.1 Å². The molecule has 2 rings (SSSR count). The molecule has 25 heavy (non-hydrogen) atoms. The minimum atomic E-state index is -0.686. The van der Waals surface area contributed by atoms with Crippen molar-refractivity contribution in [3.05, 3.63) is 34.2 Å². The van der Waals surface area contributed by atoms with Gasteiger partial charge in [-0.25, -0.2) is 4.79 Å². The van der Waals surface area contributed by atoms with Gasteiger partial charge in [0.05, 0.1) is 24.9 Å². The highest BCUT2D eigenvalue weighted by Crippen LogP contribution is 2.41. The molecule has 0 bridgehead atoms. The zero-order valence-corrected chi connectivity index (χ0v) is 13.8. The summed E-state index contributed by atoms with van der Waals surface area (Å²) in [5.74, 6) is -0.603. The van der Waals surface area contributed by atoms with Crippen molar-refractivity contribution in [3.63, 3.8) is 0 Å². The number of nitrogens with zero attached hydrogens (tertiary/aromatic N) is 3. The second kappa shape index (κ2) is 7.27. The SMILES string of the molecule is COC(=O)c1cc2c(Cl)c(OC)c(NC(C#N)=C(C#N)C#N)cc2o1. The van der Waals surface area contributed by atoms with Gasteiger partial charge in [0.2, 0.25) is 5.76 Å². The predicted octanol–water partition coefficient (Wildman–Crippen LogP) is 3.12. The van der Waals surface area contributed by atoms with E-state index in [1.165, 1.54) is 26.4 Å². The Morgan fingerprint density at radius 3 is 2.40 bits per heavy atom. The van der Waals surface area contributed by atoms with Crippen LogP contribution in [-0.4, -0.2) is 20.2 Å². The molecule has 0 aliphatic rings. The highest BCUT2D eigenvalue weighted by atomic mass is 35.5. The van der Waals surface area contributed by atoms with Crippen molar-refractivity contribution in [1.29, 1.82) is 15.8 Å². The minimum absolute atomic E-state index is 0.0654. The highest BCUT2D eigenvalue weighted by molar-refractivity contribution is 6.37. The number of nitriles is 3. The number of carbonyl (C=O) groups is 1. The van der Waals surface area contributed by atoms with Crippen LogP contribution >= 0.6 is 11.6 Å². The Morgan fingerprint density at radius 2 is 1.88 bits per heavy atom. The molecule has 1 N–H and O–H groups in total. The zero-order valence-electron chi connectivity index (χ0n) is 13.0. The van der Waals surface area contributed by atoms with Crippen LogP contribution in [0.3, 0.4) is 0 Å². The van der Waals surface area contributed by atoms with Crippen molar-refractivity contribution in [2.24, 2.45) is 0 Å². The number of allylic oxidation sites excluding steroid dienone is 2. The fraction of sp³-hybridized carbons (Fsp3) is 0.125. The number of hydrogen-bond donors (Lipinski definition) is 1. The summed E-state index contributed by atoms with van der Waals surface area (Å²) in [6, 6.07) is 7.77. The topological polar surface area (TPSA) is 132 Å². The van der Waals surface area contributed by atoms with E-state index in [2.05, 4.69) is 10.1 Å². The molecule has 0 spiro atoms. The summed E-state index contributed by atoms with van der Waals surface area (Å²) in [4.78, 5) is 11.6. The van der Waals surface area contributed by atoms with Crippen LogP contribution in [0.4, 0.5) is 5.69 Å². The molecule has 0 atom stereocenters. The lowest BCUT2D eigenvalue weighted by molar-refractivity contribution is 0.0567. The van der Waals surface area contributed by atoms with E-state index < -0.39 is 11.5 Å². The maximum Gasteiger partial charge on any atom is 0.373 e. The van der Waals surface area contributed by atoms with E-state index in [1.807, 2.05) is 0 Å². The van der Waals surface area contributed by atoms with E-state index in [0.29, 0.717) is 5.39 Å². The van der Waals surface area contributed by atoms with Gasteiger partial charge in [0.1, 0.15) is 29.5 Å². The summed E-state index contributed by atoms with van der Waals surface area (Å²) in [5, 5.41) is 30.1. The quantitative estimate of drug-likeness (QED) is 0.652. The average Bonchev–Trinajstić information content (AvgIpc) is 3.05.